The first kappa shape index (κ1) is 14.2. The molecule has 1 radical (unpaired) electrons. The molecule has 0 aliphatic heterocycles. The smallest absolute Gasteiger partial charge is 0.248 e. The molecule has 0 rings (SSSR count). The highest BCUT2D eigenvalue weighted by atomic mass is 28.4. The third-order valence-electron chi connectivity index (χ3n) is 3.12. The predicted octanol–water partition coefficient (Wildman–Crippen LogP) is 4.62. The van der Waals surface area contributed by atoms with Crippen LogP contribution in [0.5, 0.6) is 0 Å². The van der Waals surface area contributed by atoms with E-state index in [-0.39, 0.29) is 10.1 Å². The molecule has 0 N–H and O–H groups in total. The summed E-state index contributed by atoms with van der Waals surface area (Å²) >= 11 is 0. The Labute approximate surface area is 91.1 Å². The van der Waals surface area contributed by atoms with Gasteiger partial charge < -0.3 is 0 Å². The average molecular weight is 215 g/mol. The molecule has 0 aromatic heterocycles. The third kappa shape index (κ3) is 2.83. The Kier molecular flexibility index (Phi) is 4.02. The Morgan fingerprint density at radius 1 is 0.929 bits per heavy atom. The largest absolute Gasteiger partial charge is 0.296 e. The lowest BCUT2D eigenvalue weighted by Crippen LogP contribution is -2.51. The van der Waals surface area contributed by atoms with Crippen LogP contribution in [0.2, 0.25) is 16.1 Å². The van der Waals surface area contributed by atoms with Crippen molar-refractivity contribution < 1.29 is 4.80 Å². The first-order valence-corrected chi connectivity index (χ1v) is 7.74. The van der Waals surface area contributed by atoms with Crippen molar-refractivity contribution in [2.45, 2.75) is 71.5 Å². The van der Waals surface area contributed by atoms with Crippen molar-refractivity contribution in [3.63, 3.8) is 0 Å². The van der Waals surface area contributed by atoms with Crippen LogP contribution in [0.4, 0.5) is 0 Å². The fourth-order valence-corrected chi connectivity index (χ4v) is 6.94. The summed E-state index contributed by atoms with van der Waals surface area (Å²) in [6.45, 7) is 17.1. The van der Waals surface area contributed by atoms with Crippen LogP contribution in [0.3, 0.4) is 0 Å². The lowest BCUT2D eigenvalue weighted by molar-refractivity contribution is 0.325. The highest BCUT2D eigenvalue weighted by molar-refractivity contribution is 6.77. The minimum absolute atomic E-state index is 0.0461. The molecule has 0 aromatic rings. The normalized spacial score (nSPS) is 15.0. The predicted molar refractivity (Wildman–Crippen MR) is 65.5 cm³/mol. The van der Waals surface area contributed by atoms with Crippen molar-refractivity contribution in [2.24, 2.45) is 5.92 Å². The zero-order valence-electron chi connectivity index (χ0n) is 11.2. The van der Waals surface area contributed by atoms with Gasteiger partial charge in [-0.3, -0.25) is 4.80 Å². The number of hydrogen-bond donors (Lipinski definition) is 0. The van der Waals surface area contributed by atoms with E-state index < -0.39 is 8.32 Å². The second-order valence-electron chi connectivity index (χ2n) is 6.92. The summed E-state index contributed by atoms with van der Waals surface area (Å²) in [5, 5.41) is -0.0922. The molecule has 0 heterocycles. The van der Waals surface area contributed by atoms with Crippen LogP contribution in [0, 0.1) is 5.92 Å². The molecule has 0 spiro atoms. The minimum Gasteiger partial charge on any atom is -0.296 e. The van der Waals surface area contributed by atoms with Gasteiger partial charge in [-0.25, -0.2) is 0 Å². The van der Waals surface area contributed by atoms with E-state index in [4.69, 9.17) is 0 Å². The Bertz CT molecular complexity index is 169. The lowest BCUT2D eigenvalue weighted by Gasteiger charge is -2.45. The molecule has 0 saturated heterocycles. The topological polar surface area (TPSA) is 19.9 Å². The SMILES string of the molecule is CC(C)C[Si]([O])(C(C)(C)C)C(C)(C)C. The molecule has 0 amide bonds. The van der Waals surface area contributed by atoms with E-state index in [1.165, 1.54) is 0 Å². The summed E-state index contributed by atoms with van der Waals surface area (Å²) in [5.74, 6) is 0.526. The van der Waals surface area contributed by atoms with Crippen LogP contribution >= 0.6 is 0 Å². The van der Waals surface area contributed by atoms with Gasteiger partial charge in [0, 0.05) is 0 Å². The van der Waals surface area contributed by atoms with Crippen LogP contribution < -0.4 is 0 Å². The van der Waals surface area contributed by atoms with Crippen LogP contribution in [-0.4, -0.2) is 8.32 Å². The summed E-state index contributed by atoms with van der Waals surface area (Å²) < 4.78 is 0. The van der Waals surface area contributed by atoms with Gasteiger partial charge in [0.15, 0.2) is 0 Å². The number of hydrogen-bond acceptors (Lipinski definition) is 0. The molecule has 0 aromatic carbocycles. The van der Waals surface area contributed by atoms with Crippen molar-refractivity contribution in [2.75, 3.05) is 0 Å². The van der Waals surface area contributed by atoms with Crippen LogP contribution in [0.15, 0.2) is 0 Å². The van der Waals surface area contributed by atoms with Gasteiger partial charge in [-0.15, -0.1) is 0 Å². The maximum absolute atomic E-state index is 13.1. The maximum Gasteiger partial charge on any atom is 0.248 e. The van der Waals surface area contributed by atoms with Crippen LogP contribution in [0.25, 0.3) is 0 Å². The fraction of sp³-hybridized carbons (Fsp3) is 1.00. The lowest BCUT2D eigenvalue weighted by atomic mass is 10.2. The van der Waals surface area contributed by atoms with Gasteiger partial charge in [-0.2, -0.15) is 0 Å². The first-order valence-electron chi connectivity index (χ1n) is 5.62. The van der Waals surface area contributed by atoms with Gasteiger partial charge in [0.25, 0.3) is 0 Å². The molecular formula is C12H27OSi. The van der Waals surface area contributed by atoms with Crippen LogP contribution in [0.1, 0.15) is 55.4 Å². The molecule has 0 unspecified atom stereocenters. The second kappa shape index (κ2) is 3.97. The van der Waals surface area contributed by atoms with E-state index in [0.29, 0.717) is 5.92 Å². The molecule has 2 heteroatoms. The Morgan fingerprint density at radius 3 is 1.29 bits per heavy atom. The second-order valence-corrected chi connectivity index (χ2v) is 12.0. The zero-order valence-corrected chi connectivity index (χ0v) is 12.2. The van der Waals surface area contributed by atoms with Gasteiger partial charge in [-0.05, 0) is 22.0 Å². The van der Waals surface area contributed by atoms with Crippen molar-refractivity contribution >= 4 is 8.32 Å². The van der Waals surface area contributed by atoms with Crippen molar-refractivity contribution in [3.05, 3.63) is 0 Å². The van der Waals surface area contributed by atoms with Crippen molar-refractivity contribution in [3.8, 4) is 0 Å². The molecule has 85 valence electrons. The Hall–Kier alpha value is 0.177. The van der Waals surface area contributed by atoms with Crippen molar-refractivity contribution in [1.29, 1.82) is 0 Å². The highest BCUT2D eigenvalue weighted by Crippen LogP contribution is 2.52. The molecule has 0 aliphatic rings. The van der Waals surface area contributed by atoms with E-state index in [0.717, 1.165) is 6.04 Å². The van der Waals surface area contributed by atoms with Gasteiger partial charge >= 0.3 is 0 Å². The molecule has 0 aliphatic carbocycles. The summed E-state index contributed by atoms with van der Waals surface area (Å²) in [5.41, 5.74) is 0. The van der Waals surface area contributed by atoms with E-state index in [9.17, 15) is 4.80 Å². The quantitative estimate of drug-likeness (QED) is 0.599. The van der Waals surface area contributed by atoms with Crippen LogP contribution in [-0.2, 0) is 4.80 Å². The van der Waals surface area contributed by atoms with E-state index in [2.05, 4.69) is 55.4 Å². The summed E-state index contributed by atoms with van der Waals surface area (Å²) in [6.07, 6.45) is 0. The molecule has 0 bridgehead atoms. The molecule has 0 fully saturated rings. The van der Waals surface area contributed by atoms with Crippen molar-refractivity contribution in [1.82, 2.24) is 0 Å². The van der Waals surface area contributed by atoms with Gasteiger partial charge in [0.2, 0.25) is 8.32 Å². The Balaban J connectivity index is 5.07. The molecule has 0 atom stereocenters. The number of rotatable bonds is 2. The zero-order chi connectivity index (χ0) is 11.8. The first-order chi connectivity index (χ1) is 5.92. The van der Waals surface area contributed by atoms with Gasteiger partial charge in [-0.1, -0.05) is 55.4 Å². The van der Waals surface area contributed by atoms with E-state index in [1.807, 2.05) is 0 Å². The molecular weight excluding hydrogens is 188 g/mol. The monoisotopic (exact) mass is 215 g/mol. The van der Waals surface area contributed by atoms with Gasteiger partial charge in [0.05, 0.1) is 0 Å². The molecule has 14 heavy (non-hydrogen) atoms. The average Bonchev–Trinajstić information content (AvgIpc) is 1.79. The minimum atomic E-state index is -2.47. The van der Waals surface area contributed by atoms with Gasteiger partial charge in [0.1, 0.15) is 0 Å². The summed E-state index contributed by atoms with van der Waals surface area (Å²) in [7, 11) is -2.47. The van der Waals surface area contributed by atoms with E-state index >= 15 is 0 Å². The molecule has 0 saturated carbocycles. The van der Waals surface area contributed by atoms with E-state index in [1.54, 1.807) is 0 Å². The standard InChI is InChI=1S/C12H27OSi/c1-10(2)9-14(13,11(3,4)5)12(6,7)8/h10H,9H2,1-8H3. The highest BCUT2D eigenvalue weighted by Gasteiger charge is 2.54. The summed E-state index contributed by atoms with van der Waals surface area (Å²) in [6, 6.07) is 0.889. The third-order valence-corrected chi connectivity index (χ3v) is 9.36. The summed E-state index contributed by atoms with van der Waals surface area (Å²) in [4.78, 5) is 13.1. The molecule has 1 nitrogen and oxygen atoms in total. The maximum atomic E-state index is 13.1. The Morgan fingerprint density at radius 2 is 1.21 bits per heavy atom. The fourth-order valence-electron chi connectivity index (χ4n) is 2.31.